The summed E-state index contributed by atoms with van der Waals surface area (Å²) in [5.74, 6) is 0.433. The lowest BCUT2D eigenvalue weighted by Crippen LogP contribution is -2.51. The van der Waals surface area contributed by atoms with Crippen molar-refractivity contribution in [3.8, 4) is 0 Å². The third-order valence-electron chi connectivity index (χ3n) is 4.36. The van der Waals surface area contributed by atoms with Crippen LogP contribution < -0.4 is 11.1 Å². The molecule has 0 aromatic heterocycles. The van der Waals surface area contributed by atoms with Gasteiger partial charge in [0.2, 0.25) is 5.91 Å². The quantitative estimate of drug-likeness (QED) is 0.885. The minimum atomic E-state index is -0.0618. The molecule has 1 aromatic rings. The molecule has 1 aliphatic rings. The predicted molar refractivity (Wildman–Crippen MR) is 86.2 cm³/mol. The molecule has 2 amide bonds. The molecule has 1 fully saturated rings. The number of likely N-dealkylation sites (tertiary alicyclic amines) is 1. The van der Waals surface area contributed by atoms with E-state index in [-0.39, 0.29) is 17.9 Å². The second kappa shape index (κ2) is 7.40. The van der Waals surface area contributed by atoms with E-state index in [1.165, 1.54) is 6.92 Å². The molecule has 0 bridgehead atoms. The normalized spacial score (nSPS) is 21.5. The lowest BCUT2D eigenvalue weighted by atomic mass is 9.90. The van der Waals surface area contributed by atoms with Crippen LogP contribution in [-0.2, 0) is 11.3 Å². The van der Waals surface area contributed by atoms with E-state index in [1.54, 1.807) is 0 Å². The number of benzene rings is 1. The molecule has 1 heterocycles. The van der Waals surface area contributed by atoms with Crippen LogP contribution in [0.1, 0.15) is 42.6 Å². The van der Waals surface area contributed by atoms with E-state index in [2.05, 4.69) is 12.2 Å². The first-order valence-corrected chi connectivity index (χ1v) is 7.87. The van der Waals surface area contributed by atoms with Gasteiger partial charge in [0.1, 0.15) is 0 Å². The number of nitrogens with one attached hydrogen (secondary N) is 1. The maximum absolute atomic E-state index is 12.7. The third kappa shape index (κ3) is 3.85. The fourth-order valence-corrected chi connectivity index (χ4v) is 3.02. The Balaban J connectivity index is 2.06. The van der Waals surface area contributed by atoms with Gasteiger partial charge < -0.3 is 16.0 Å². The minimum Gasteiger partial charge on any atom is -0.352 e. The van der Waals surface area contributed by atoms with Gasteiger partial charge in [-0.3, -0.25) is 9.59 Å². The van der Waals surface area contributed by atoms with E-state index in [0.717, 1.165) is 24.9 Å². The van der Waals surface area contributed by atoms with E-state index in [0.29, 0.717) is 24.6 Å². The Kier molecular flexibility index (Phi) is 5.55. The molecule has 0 saturated carbocycles. The fourth-order valence-electron chi connectivity index (χ4n) is 3.02. The Morgan fingerprint density at radius 1 is 1.32 bits per heavy atom. The Morgan fingerprint density at radius 2 is 2.00 bits per heavy atom. The van der Waals surface area contributed by atoms with Gasteiger partial charge in [-0.05, 0) is 36.5 Å². The van der Waals surface area contributed by atoms with E-state index >= 15 is 0 Å². The highest BCUT2D eigenvalue weighted by molar-refractivity contribution is 5.94. The summed E-state index contributed by atoms with van der Waals surface area (Å²) in [5.41, 5.74) is 7.52. The van der Waals surface area contributed by atoms with Gasteiger partial charge in [0.15, 0.2) is 0 Å². The van der Waals surface area contributed by atoms with Crippen molar-refractivity contribution in [3.63, 3.8) is 0 Å². The number of rotatable bonds is 4. The molecule has 3 N–H and O–H groups in total. The standard InChI is InChI=1S/C17H25N3O2/c1-12-4-3-9-20(16(12)10-18)17(22)15-7-5-14(6-8-15)11-19-13(2)21/h5-8,12,16H,3-4,9-11,18H2,1-2H3,(H,19,21)/t12-,16-/m0/s1. The summed E-state index contributed by atoms with van der Waals surface area (Å²) >= 11 is 0. The largest absolute Gasteiger partial charge is 0.352 e. The van der Waals surface area contributed by atoms with Crippen molar-refractivity contribution in [2.75, 3.05) is 13.1 Å². The van der Waals surface area contributed by atoms with Gasteiger partial charge in [-0.2, -0.15) is 0 Å². The Bertz CT molecular complexity index is 527. The van der Waals surface area contributed by atoms with Crippen LogP contribution >= 0.6 is 0 Å². The maximum atomic E-state index is 12.7. The first kappa shape index (κ1) is 16.5. The number of nitrogens with two attached hydrogens (primary N) is 1. The second-order valence-corrected chi connectivity index (χ2v) is 6.03. The second-order valence-electron chi connectivity index (χ2n) is 6.03. The molecule has 0 aliphatic carbocycles. The van der Waals surface area contributed by atoms with Gasteiger partial charge in [0, 0.05) is 38.2 Å². The van der Waals surface area contributed by atoms with Crippen molar-refractivity contribution >= 4 is 11.8 Å². The van der Waals surface area contributed by atoms with Crippen molar-refractivity contribution in [2.24, 2.45) is 11.7 Å². The number of piperidine rings is 1. The number of amides is 2. The summed E-state index contributed by atoms with van der Waals surface area (Å²) in [7, 11) is 0. The van der Waals surface area contributed by atoms with Crippen LogP contribution in [0.25, 0.3) is 0 Å². The van der Waals surface area contributed by atoms with Crippen LogP contribution in [0, 0.1) is 5.92 Å². The first-order valence-electron chi connectivity index (χ1n) is 7.87. The van der Waals surface area contributed by atoms with Gasteiger partial charge in [-0.15, -0.1) is 0 Å². The highest BCUT2D eigenvalue weighted by Gasteiger charge is 2.31. The lowest BCUT2D eigenvalue weighted by molar-refractivity contribution is -0.119. The molecule has 0 spiro atoms. The molecule has 0 radical (unpaired) electrons. The van der Waals surface area contributed by atoms with Gasteiger partial charge in [0.25, 0.3) is 5.91 Å². The highest BCUT2D eigenvalue weighted by Crippen LogP contribution is 2.24. The van der Waals surface area contributed by atoms with Crippen molar-refractivity contribution < 1.29 is 9.59 Å². The molecule has 5 heteroatoms. The molecule has 120 valence electrons. The van der Waals surface area contributed by atoms with Gasteiger partial charge >= 0.3 is 0 Å². The number of hydrogen-bond acceptors (Lipinski definition) is 3. The zero-order valence-electron chi connectivity index (χ0n) is 13.3. The van der Waals surface area contributed by atoms with Gasteiger partial charge in [-0.25, -0.2) is 0 Å². The SMILES string of the molecule is CC(=O)NCc1ccc(C(=O)N2CCC[C@H](C)[C@@H]2CN)cc1. The van der Waals surface area contributed by atoms with E-state index < -0.39 is 0 Å². The van der Waals surface area contributed by atoms with Crippen LogP contribution in [0.5, 0.6) is 0 Å². The van der Waals surface area contributed by atoms with Crippen molar-refractivity contribution in [1.29, 1.82) is 0 Å². The third-order valence-corrected chi connectivity index (χ3v) is 4.36. The molecular formula is C17H25N3O2. The summed E-state index contributed by atoms with van der Waals surface area (Å²) in [6.45, 7) is 5.41. The van der Waals surface area contributed by atoms with Crippen molar-refractivity contribution in [3.05, 3.63) is 35.4 Å². The minimum absolute atomic E-state index is 0.0491. The van der Waals surface area contributed by atoms with Crippen LogP contribution in [0.2, 0.25) is 0 Å². The number of nitrogens with zero attached hydrogens (tertiary/aromatic N) is 1. The molecule has 2 rings (SSSR count). The monoisotopic (exact) mass is 303 g/mol. The lowest BCUT2D eigenvalue weighted by Gasteiger charge is -2.39. The topological polar surface area (TPSA) is 75.4 Å². The summed E-state index contributed by atoms with van der Waals surface area (Å²) in [6, 6.07) is 7.54. The van der Waals surface area contributed by atoms with E-state index in [9.17, 15) is 9.59 Å². The smallest absolute Gasteiger partial charge is 0.254 e. The molecule has 1 aliphatic heterocycles. The van der Waals surface area contributed by atoms with Crippen LogP contribution in [0.4, 0.5) is 0 Å². The molecule has 22 heavy (non-hydrogen) atoms. The van der Waals surface area contributed by atoms with Gasteiger partial charge in [-0.1, -0.05) is 19.1 Å². The average Bonchev–Trinajstić information content (AvgIpc) is 2.52. The average molecular weight is 303 g/mol. The predicted octanol–water partition coefficient (Wildman–Crippen LogP) is 1.52. The summed E-state index contributed by atoms with van der Waals surface area (Å²) in [4.78, 5) is 25.5. The summed E-state index contributed by atoms with van der Waals surface area (Å²) in [5, 5.41) is 2.75. The molecule has 1 saturated heterocycles. The van der Waals surface area contributed by atoms with Crippen LogP contribution in [0.3, 0.4) is 0 Å². The first-order chi connectivity index (χ1) is 10.5. The molecule has 5 nitrogen and oxygen atoms in total. The van der Waals surface area contributed by atoms with Crippen molar-refractivity contribution in [2.45, 2.75) is 39.3 Å². The Hall–Kier alpha value is -1.88. The number of hydrogen-bond donors (Lipinski definition) is 2. The number of carbonyl (C=O) groups is 2. The maximum Gasteiger partial charge on any atom is 0.254 e. The fraction of sp³-hybridized carbons (Fsp3) is 0.529. The molecule has 0 unspecified atom stereocenters. The highest BCUT2D eigenvalue weighted by atomic mass is 16.2. The van der Waals surface area contributed by atoms with E-state index in [1.807, 2.05) is 29.2 Å². The molecule has 1 aromatic carbocycles. The van der Waals surface area contributed by atoms with Crippen LogP contribution in [-0.4, -0.2) is 35.8 Å². The molecular weight excluding hydrogens is 278 g/mol. The summed E-state index contributed by atoms with van der Waals surface area (Å²) < 4.78 is 0. The zero-order valence-corrected chi connectivity index (χ0v) is 13.3. The van der Waals surface area contributed by atoms with E-state index in [4.69, 9.17) is 5.73 Å². The van der Waals surface area contributed by atoms with Crippen molar-refractivity contribution in [1.82, 2.24) is 10.2 Å². The molecule has 2 atom stereocenters. The Labute approximate surface area is 131 Å². The van der Waals surface area contributed by atoms with Gasteiger partial charge in [0.05, 0.1) is 0 Å². The number of carbonyl (C=O) groups excluding carboxylic acids is 2. The zero-order chi connectivity index (χ0) is 16.1. The Morgan fingerprint density at radius 3 is 2.59 bits per heavy atom. The van der Waals surface area contributed by atoms with Crippen LogP contribution in [0.15, 0.2) is 24.3 Å². The summed E-state index contributed by atoms with van der Waals surface area (Å²) in [6.07, 6.45) is 2.16.